The molecular weight excluding hydrogens is 242 g/mol. The molecule has 0 unspecified atom stereocenters. The van der Waals surface area contributed by atoms with E-state index < -0.39 is 11.7 Å². The number of H-pyrrole nitrogens is 1. The van der Waals surface area contributed by atoms with Gasteiger partial charge in [-0.3, -0.25) is 4.79 Å². The van der Waals surface area contributed by atoms with Crippen molar-refractivity contribution < 1.29 is 10.2 Å². The number of aromatic nitrogens is 1. The third-order valence-corrected chi connectivity index (χ3v) is 3.36. The van der Waals surface area contributed by atoms with Crippen LogP contribution < -0.4 is 5.56 Å². The standard InChI is InChI=1S/C15H17NO3/c1-15(2,14(18)19)12-6-4-3-5-11(12)10-7-8-13(17)16-9-10/h3-9,14,18-19H,1-2H3,(H,16,17). The fourth-order valence-corrected chi connectivity index (χ4v) is 2.01. The second-order valence-electron chi connectivity index (χ2n) is 5.08. The van der Waals surface area contributed by atoms with E-state index in [1.165, 1.54) is 6.07 Å². The molecule has 4 nitrogen and oxygen atoms in total. The minimum atomic E-state index is -1.46. The predicted molar refractivity (Wildman–Crippen MR) is 73.8 cm³/mol. The first-order chi connectivity index (χ1) is 8.93. The lowest BCUT2D eigenvalue weighted by atomic mass is 9.80. The maximum absolute atomic E-state index is 11.1. The summed E-state index contributed by atoms with van der Waals surface area (Å²) in [7, 11) is 0. The van der Waals surface area contributed by atoms with Crippen LogP contribution in [0.3, 0.4) is 0 Å². The van der Waals surface area contributed by atoms with Gasteiger partial charge in [0.05, 0.1) is 0 Å². The number of pyridine rings is 1. The van der Waals surface area contributed by atoms with Gasteiger partial charge in [-0.05, 0) is 22.8 Å². The predicted octanol–water partition coefficient (Wildman–Crippen LogP) is 1.63. The highest BCUT2D eigenvalue weighted by Crippen LogP contribution is 2.34. The first-order valence-corrected chi connectivity index (χ1v) is 6.07. The van der Waals surface area contributed by atoms with Gasteiger partial charge in [0.2, 0.25) is 5.56 Å². The van der Waals surface area contributed by atoms with Crippen LogP contribution in [0.15, 0.2) is 47.4 Å². The Hall–Kier alpha value is -1.91. The number of aliphatic hydroxyl groups excluding tert-OH is 1. The fourth-order valence-electron chi connectivity index (χ4n) is 2.01. The van der Waals surface area contributed by atoms with Gasteiger partial charge in [-0.15, -0.1) is 0 Å². The van der Waals surface area contributed by atoms with Crippen molar-refractivity contribution in [3.63, 3.8) is 0 Å². The average Bonchev–Trinajstić information content (AvgIpc) is 2.39. The lowest BCUT2D eigenvalue weighted by molar-refractivity contribution is -0.0889. The molecule has 100 valence electrons. The van der Waals surface area contributed by atoms with Gasteiger partial charge in [-0.1, -0.05) is 38.1 Å². The molecule has 2 aromatic rings. The summed E-state index contributed by atoms with van der Waals surface area (Å²) in [6.07, 6.45) is 0.164. The molecule has 0 bridgehead atoms. The molecule has 2 rings (SSSR count). The van der Waals surface area contributed by atoms with E-state index in [4.69, 9.17) is 0 Å². The lowest BCUT2D eigenvalue weighted by Crippen LogP contribution is -2.33. The van der Waals surface area contributed by atoms with E-state index in [0.29, 0.717) is 0 Å². The summed E-state index contributed by atoms with van der Waals surface area (Å²) >= 11 is 0. The molecule has 1 aromatic heterocycles. The summed E-state index contributed by atoms with van der Waals surface area (Å²) in [4.78, 5) is 13.7. The van der Waals surface area contributed by atoms with Crippen LogP contribution in [0.1, 0.15) is 19.4 Å². The van der Waals surface area contributed by atoms with E-state index in [1.54, 1.807) is 26.1 Å². The molecular formula is C15H17NO3. The molecule has 4 heteroatoms. The molecule has 0 aliphatic heterocycles. The number of aromatic amines is 1. The van der Waals surface area contributed by atoms with E-state index in [2.05, 4.69) is 4.98 Å². The van der Waals surface area contributed by atoms with Crippen LogP contribution in [0.5, 0.6) is 0 Å². The summed E-state index contributed by atoms with van der Waals surface area (Å²) in [6, 6.07) is 10.7. The molecule has 1 heterocycles. The van der Waals surface area contributed by atoms with Crippen LogP contribution in [-0.4, -0.2) is 21.5 Å². The van der Waals surface area contributed by atoms with Crippen LogP contribution in [0.25, 0.3) is 11.1 Å². The number of benzene rings is 1. The summed E-state index contributed by atoms with van der Waals surface area (Å²) in [5.41, 5.74) is 1.56. The van der Waals surface area contributed by atoms with Crippen molar-refractivity contribution in [1.82, 2.24) is 4.98 Å². The molecule has 19 heavy (non-hydrogen) atoms. The van der Waals surface area contributed by atoms with Crippen LogP contribution in [-0.2, 0) is 5.41 Å². The number of rotatable bonds is 3. The van der Waals surface area contributed by atoms with Gasteiger partial charge >= 0.3 is 0 Å². The Morgan fingerprint density at radius 3 is 2.37 bits per heavy atom. The van der Waals surface area contributed by atoms with Crippen molar-refractivity contribution in [1.29, 1.82) is 0 Å². The Kier molecular flexibility index (Phi) is 3.55. The largest absolute Gasteiger partial charge is 0.367 e. The van der Waals surface area contributed by atoms with Crippen molar-refractivity contribution in [3.05, 3.63) is 58.5 Å². The van der Waals surface area contributed by atoms with Crippen molar-refractivity contribution in [2.24, 2.45) is 0 Å². The SMILES string of the molecule is CC(C)(c1ccccc1-c1ccc(=O)[nH]c1)C(O)O. The first-order valence-electron chi connectivity index (χ1n) is 6.07. The third kappa shape index (κ3) is 2.59. The van der Waals surface area contributed by atoms with E-state index >= 15 is 0 Å². The zero-order valence-electron chi connectivity index (χ0n) is 10.9. The second kappa shape index (κ2) is 4.99. The highest BCUT2D eigenvalue weighted by molar-refractivity contribution is 5.68. The Morgan fingerprint density at radius 1 is 1.11 bits per heavy atom. The summed E-state index contributed by atoms with van der Waals surface area (Å²) in [5.74, 6) is 0. The summed E-state index contributed by atoms with van der Waals surface area (Å²) in [6.45, 7) is 3.53. The molecule has 0 saturated heterocycles. The van der Waals surface area contributed by atoms with E-state index in [-0.39, 0.29) is 5.56 Å². The van der Waals surface area contributed by atoms with Crippen LogP contribution in [0.2, 0.25) is 0 Å². The zero-order valence-corrected chi connectivity index (χ0v) is 10.9. The van der Waals surface area contributed by atoms with E-state index in [0.717, 1.165) is 16.7 Å². The van der Waals surface area contributed by atoms with Gasteiger partial charge in [0.15, 0.2) is 6.29 Å². The molecule has 1 aromatic carbocycles. The van der Waals surface area contributed by atoms with Crippen LogP contribution >= 0.6 is 0 Å². The van der Waals surface area contributed by atoms with Crippen molar-refractivity contribution in [2.45, 2.75) is 25.6 Å². The van der Waals surface area contributed by atoms with Crippen molar-refractivity contribution in [3.8, 4) is 11.1 Å². The topological polar surface area (TPSA) is 73.3 Å². The number of hydrogen-bond donors (Lipinski definition) is 3. The Balaban J connectivity index is 2.59. The maximum atomic E-state index is 11.1. The van der Waals surface area contributed by atoms with Crippen LogP contribution in [0.4, 0.5) is 0 Å². The maximum Gasteiger partial charge on any atom is 0.247 e. The summed E-state index contributed by atoms with van der Waals surface area (Å²) in [5, 5.41) is 19.1. The van der Waals surface area contributed by atoms with E-state index in [1.807, 2.05) is 24.3 Å². The minimum Gasteiger partial charge on any atom is -0.367 e. The smallest absolute Gasteiger partial charge is 0.247 e. The van der Waals surface area contributed by atoms with Gasteiger partial charge in [0, 0.05) is 17.7 Å². The highest BCUT2D eigenvalue weighted by atomic mass is 16.5. The average molecular weight is 259 g/mol. The fraction of sp³-hybridized carbons (Fsp3) is 0.267. The van der Waals surface area contributed by atoms with Crippen LogP contribution in [0, 0.1) is 0 Å². The number of aliphatic hydroxyl groups is 2. The first kappa shape index (κ1) is 13.5. The number of nitrogens with one attached hydrogen (secondary N) is 1. The lowest BCUT2D eigenvalue weighted by Gasteiger charge is -2.29. The monoisotopic (exact) mass is 259 g/mol. The highest BCUT2D eigenvalue weighted by Gasteiger charge is 2.30. The van der Waals surface area contributed by atoms with Gasteiger partial charge < -0.3 is 15.2 Å². The number of hydrogen-bond acceptors (Lipinski definition) is 3. The van der Waals surface area contributed by atoms with Crippen molar-refractivity contribution in [2.75, 3.05) is 0 Å². The molecule has 0 fully saturated rings. The molecule has 0 saturated carbocycles. The third-order valence-electron chi connectivity index (χ3n) is 3.36. The summed E-state index contributed by atoms with van der Waals surface area (Å²) < 4.78 is 0. The van der Waals surface area contributed by atoms with Gasteiger partial charge in [0.1, 0.15) is 0 Å². The molecule has 0 atom stereocenters. The Bertz CT molecular complexity index is 609. The van der Waals surface area contributed by atoms with Gasteiger partial charge in [0.25, 0.3) is 0 Å². The molecule has 0 aliphatic rings. The van der Waals surface area contributed by atoms with Gasteiger partial charge in [-0.2, -0.15) is 0 Å². The van der Waals surface area contributed by atoms with E-state index in [9.17, 15) is 15.0 Å². The molecule has 0 aliphatic carbocycles. The van der Waals surface area contributed by atoms with Crippen molar-refractivity contribution >= 4 is 0 Å². The van der Waals surface area contributed by atoms with Gasteiger partial charge in [-0.25, -0.2) is 0 Å². The molecule has 0 amide bonds. The minimum absolute atomic E-state index is 0.164. The molecule has 0 spiro atoms. The zero-order chi connectivity index (χ0) is 14.0. The Morgan fingerprint density at radius 2 is 1.79 bits per heavy atom. The quantitative estimate of drug-likeness (QED) is 0.733. The molecule has 3 N–H and O–H groups in total. The Labute approximate surface area is 111 Å². The molecule has 0 radical (unpaired) electrons. The normalized spacial score (nSPS) is 11.8. The second-order valence-corrected chi connectivity index (χ2v) is 5.08.